The van der Waals surface area contributed by atoms with Crippen LogP contribution in [0.1, 0.15) is 29.2 Å². The van der Waals surface area contributed by atoms with Gasteiger partial charge in [0.05, 0.1) is 28.3 Å². The number of nitrogens with zero attached hydrogens (tertiary/aromatic N) is 3. The predicted octanol–water partition coefficient (Wildman–Crippen LogP) is -10.3. The minimum atomic E-state index is -5.42. The van der Waals surface area contributed by atoms with Crippen LogP contribution < -0.4 is 158 Å². The van der Waals surface area contributed by atoms with Crippen LogP contribution in [0.15, 0.2) is 60.7 Å². The van der Waals surface area contributed by atoms with Crippen molar-refractivity contribution in [3.8, 4) is 0 Å². The van der Waals surface area contributed by atoms with E-state index in [4.69, 9.17) is 0 Å². The monoisotopic (exact) mass is 733 g/mol. The Morgan fingerprint density at radius 3 is 2.00 bits per heavy atom. The summed E-state index contributed by atoms with van der Waals surface area (Å²) in [5.41, 5.74) is 4.49. The molecule has 3 aliphatic rings. The molecule has 8 rings (SSSR count). The van der Waals surface area contributed by atoms with E-state index in [2.05, 4.69) is 6.07 Å². The van der Waals surface area contributed by atoms with Gasteiger partial charge in [0.25, 0.3) is 0 Å². The van der Waals surface area contributed by atoms with Gasteiger partial charge in [0.1, 0.15) is 0 Å². The van der Waals surface area contributed by atoms with Gasteiger partial charge < -0.3 is 33.3 Å². The minimum absolute atomic E-state index is 0. The van der Waals surface area contributed by atoms with Gasteiger partial charge in [-0.1, -0.05) is 36.4 Å². The summed E-state index contributed by atoms with van der Waals surface area (Å²) in [5.74, 6) is 0. The average Bonchev–Trinajstić information content (AvgIpc) is 3.30. The predicted molar refractivity (Wildman–Crippen MR) is 164 cm³/mol. The van der Waals surface area contributed by atoms with E-state index in [1.807, 2.05) is 23.6 Å². The molecule has 2 amide bonds. The molecule has 0 atom stereocenters. The number of carbonyl (C=O) groups excluding carboxylic acids is 2. The second kappa shape index (κ2) is 16.5. The second-order valence-corrected chi connectivity index (χ2v) is 14.2. The van der Waals surface area contributed by atoms with Gasteiger partial charge in [-0.2, -0.15) is 0 Å². The molecule has 3 heterocycles. The maximum Gasteiger partial charge on any atom is 1.00 e. The van der Waals surface area contributed by atoms with Crippen molar-refractivity contribution in [1.82, 2.24) is 4.57 Å². The van der Waals surface area contributed by atoms with Crippen LogP contribution >= 0.6 is 15.2 Å². The van der Waals surface area contributed by atoms with Crippen molar-refractivity contribution in [2.75, 3.05) is 9.80 Å². The number of hydrogen-bond donors (Lipinski definition) is 0. The largest absolute Gasteiger partial charge is 1.00 e. The number of rotatable bonds is 7. The number of fused-ring (bicyclic) bond motifs is 2. The number of aromatic nitrogens is 1. The molecule has 49 heavy (non-hydrogen) atoms. The zero-order valence-corrected chi connectivity index (χ0v) is 37.8. The first kappa shape index (κ1) is 43.3. The standard InChI is InChI=1S/C32H29N3O8P2.4Na/c1-2-33-24-13-9-19-8-12-22-21-11-7-20-10-14-28(45(41,42)43)26(16-20)35(18-37)32(31(33)29(21)23(24)15-19)30(22)34(17-36)25-5-3-4-6-27(25)44(38,39)40;;;;/h3-6,9-10,13-18H,2,7-8,11-12H2,1H3,(H2,38,39,40)(H2,41,42,43);;;;/q;4*+1/p-4. The van der Waals surface area contributed by atoms with Gasteiger partial charge in [-0.15, -0.1) is 0 Å². The van der Waals surface area contributed by atoms with Crippen LogP contribution in [0.25, 0.3) is 21.8 Å². The van der Waals surface area contributed by atoms with Crippen LogP contribution in [0.3, 0.4) is 0 Å². The molecule has 4 aromatic carbocycles. The molecule has 230 valence electrons. The summed E-state index contributed by atoms with van der Waals surface area (Å²) in [6.07, 6.45) is 2.58. The molecule has 5 aromatic rings. The van der Waals surface area contributed by atoms with Gasteiger partial charge >= 0.3 is 118 Å². The summed E-state index contributed by atoms with van der Waals surface area (Å²) < 4.78 is 27.0. The first-order chi connectivity index (χ1) is 21.5. The Morgan fingerprint density at radius 1 is 0.776 bits per heavy atom. The van der Waals surface area contributed by atoms with E-state index in [9.17, 15) is 38.3 Å². The van der Waals surface area contributed by atoms with E-state index < -0.39 is 25.8 Å². The molecule has 0 fully saturated rings. The summed E-state index contributed by atoms with van der Waals surface area (Å²) in [6.45, 7) is 2.33. The second-order valence-electron chi connectivity index (χ2n) is 11.2. The Hall–Kier alpha value is -0.0800. The van der Waals surface area contributed by atoms with Crippen LogP contribution in [-0.2, 0) is 50.9 Å². The fourth-order valence-corrected chi connectivity index (χ4v) is 8.51. The van der Waals surface area contributed by atoms with Gasteiger partial charge in [-0.25, -0.2) is 0 Å². The average molecular weight is 733 g/mol. The van der Waals surface area contributed by atoms with E-state index in [0.29, 0.717) is 61.7 Å². The van der Waals surface area contributed by atoms with Gasteiger partial charge in [0.15, 0.2) is 0 Å². The molecule has 2 aliphatic heterocycles. The molecule has 1 aromatic heterocycles. The Kier molecular flexibility index (Phi) is 14.6. The zero-order chi connectivity index (χ0) is 31.8. The molecule has 1 aliphatic carbocycles. The van der Waals surface area contributed by atoms with Crippen molar-refractivity contribution in [3.05, 3.63) is 82.9 Å². The molecule has 0 radical (unpaired) electrons. The number of carbonyl (C=O) groups is 2. The van der Waals surface area contributed by atoms with Crippen molar-refractivity contribution in [2.24, 2.45) is 0 Å². The summed E-state index contributed by atoms with van der Waals surface area (Å²) in [7, 11) is -10.8. The SMILES string of the molecule is CCn1c2ccc3cc2c2c4c(c(N(C=O)c5ccccc5P(=O)([O-])[O-])c(c21)N(C=O)c1cc(ccc1P(=O)([O-])[O-])CC4)CC3.[Na+].[Na+].[Na+].[Na+]. The zero-order valence-electron chi connectivity index (χ0n) is 28.0. The summed E-state index contributed by atoms with van der Waals surface area (Å²) in [4.78, 5) is 78.7. The van der Waals surface area contributed by atoms with E-state index in [-0.39, 0.29) is 141 Å². The normalized spacial score (nSPS) is 13.2. The topological polar surface area (TPSA) is 172 Å². The van der Waals surface area contributed by atoms with Crippen LogP contribution in [-0.4, -0.2) is 17.4 Å². The fraction of sp³-hybridized carbons (Fsp3) is 0.188. The van der Waals surface area contributed by atoms with Crippen molar-refractivity contribution in [1.29, 1.82) is 0 Å². The Bertz CT molecular complexity index is 2200. The molecule has 0 saturated heterocycles. The maximum absolute atomic E-state index is 13.3. The fourth-order valence-electron chi connectivity index (χ4n) is 7.07. The van der Waals surface area contributed by atoms with Crippen molar-refractivity contribution >= 4 is 83.2 Å². The first-order valence-electron chi connectivity index (χ1n) is 14.4. The molecule has 0 N–H and O–H groups in total. The Morgan fingerprint density at radius 2 is 1.39 bits per heavy atom. The molecular weight excluding hydrogens is 708 g/mol. The van der Waals surface area contributed by atoms with E-state index in [0.717, 1.165) is 43.3 Å². The molecule has 0 saturated carbocycles. The van der Waals surface area contributed by atoms with Crippen molar-refractivity contribution in [3.63, 3.8) is 0 Å². The summed E-state index contributed by atoms with van der Waals surface area (Å²) in [6, 6.07) is 15.7. The third-order valence-electron chi connectivity index (χ3n) is 8.90. The van der Waals surface area contributed by atoms with Crippen molar-refractivity contribution < 1.29 is 157 Å². The maximum atomic E-state index is 13.3. The molecule has 8 bridgehead atoms. The Labute approximate surface area is 371 Å². The van der Waals surface area contributed by atoms with Crippen molar-refractivity contribution in [2.45, 2.75) is 39.2 Å². The Balaban J connectivity index is 0.00000163. The number of para-hydroxylation sites is 1. The van der Waals surface area contributed by atoms with Crippen LogP contribution in [0, 0.1) is 0 Å². The number of benzene rings is 4. The van der Waals surface area contributed by atoms with Gasteiger partial charge in [-0.3, -0.25) is 19.4 Å². The molecular formula is C32H25N3Na4O8P2. The van der Waals surface area contributed by atoms with Gasteiger partial charge in [0.2, 0.25) is 12.8 Å². The van der Waals surface area contributed by atoms with E-state index >= 15 is 0 Å². The van der Waals surface area contributed by atoms with Gasteiger partial charge in [0, 0.05) is 33.4 Å². The van der Waals surface area contributed by atoms with E-state index in [1.165, 1.54) is 30.3 Å². The third-order valence-corrected chi connectivity index (χ3v) is 10.8. The third kappa shape index (κ3) is 7.39. The minimum Gasteiger partial charge on any atom is -0.807 e. The summed E-state index contributed by atoms with van der Waals surface area (Å²) in [5, 5.41) is 0.533. The number of hydrogen-bond acceptors (Lipinski definition) is 8. The molecule has 17 heteroatoms. The number of anilines is 4. The molecule has 0 unspecified atom stereocenters. The van der Waals surface area contributed by atoms with Crippen LogP contribution in [0.2, 0.25) is 0 Å². The first-order valence-corrected chi connectivity index (χ1v) is 17.4. The smallest absolute Gasteiger partial charge is 0.807 e. The molecule has 0 spiro atoms. The van der Waals surface area contributed by atoms with Crippen LogP contribution in [0.4, 0.5) is 22.7 Å². The van der Waals surface area contributed by atoms with Gasteiger partial charge in [-0.05, 0) is 94.3 Å². The summed E-state index contributed by atoms with van der Waals surface area (Å²) >= 11 is 0. The van der Waals surface area contributed by atoms with Crippen LogP contribution in [0.5, 0.6) is 0 Å². The quantitative estimate of drug-likeness (QED) is 0.0902. The number of amides is 2. The molecule has 11 nitrogen and oxygen atoms in total. The van der Waals surface area contributed by atoms with E-state index in [1.54, 1.807) is 6.07 Å². The number of aryl methyl sites for hydroxylation is 4.